The lowest BCUT2D eigenvalue weighted by Crippen LogP contribution is -2.38. The highest BCUT2D eigenvalue weighted by molar-refractivity contribution is 7.89. The number of sulfonamides is 1. The normalized spacial score (nSPS) is 16.2. The van der Waals surface area contributed by atoms with E-state index in [0.717, 1.165) is 35.7 Å². The molecule has 2 atom stereocenters. The minimum absolute atomic E-state index is 0.0941. The number of benzene rings is 2. The molecule has 1 unspecified atom stereocenters. The van der Waals surface area contributed by atoms with Crippen LogP contribution in [0.1, 0.15) is 24.0 Å². The molecule has 0 spiro atoms. The van der Waals surface area contributed by atoms with Gasteiger partial charge in [0, 0.05) is 33.8 Å². The molecule has 0 aliphatic heterocycles. The van der Waals surface area contributed by atoms with E-state index in [0.29, 0.717) is 18.8 Å². The lowest BCUT2D eigenvalue weighted by Gasteiger charge is -2.22. The van der Waals surface area contributed by atoms with Crippen LogP contribution in [0, 0.1) is 0 Å². The van der Waals surface area contributed by atoms with Crippen LogP contribution in [0.15, 0.2) is 53.6 Å². The Balaban J connectivity index is 1.57. The lowest BCUT2D eigenvalue weighted by atomic mass is 10.0. The molecule has 0 radical (unpaired) electrons. The largest absolute Gasteiger partial charge is 0.389 e. The predicted molar refractivity (Wildman–Crippen MR) is 160 cm³/mol. The fourth-order valence-electron chi connectivity index (χ4n) is 4.77. The van der Waals surface area contributed by atoms with Crippen LogP contribution in [0.4, 0.5) is 23.1 Å². The number of aromatic nitrogens is 2. The number of methoxy groups -OCH3 is 1. The zero-order valence-electron chi connectivity index (χ0n) is 23.7. The Morgan fingerprint density at radius 2 is 1.95 bits per heavy atom. The van der Waals surface area contributed by atoms with Crippen molar-refractivity contribution in [3.05, 3.63) is 64.8 Å². The van der Waals surface area contributed by atoms with E-state index in [2.05, 4.69) is 32.7 Å². The number of para-hydroxylation sites is 1. The van der Waals surface area contributed by atoms with Crippen LogP contribution in [0.5, 0.6) is 0 Å². The van der Waals surface area contributed by atoms with Crippen molar-refractivity contribution in [2.24, 2.45) is 0 Å². The number of rotatable bonds is 12. The minimum atomic E-state index is -3.71. The van der Waals surface area contributed by atoms with Gasteiger partial charge in [0.2, 0.25) is 10.0 Å². The third-order valence-electron chi connectivity index (χ3n) is 6.88. The molecule has 3 N–H and O–H groups in total. The topological polar surface area (TPSA) is 129 Å². The molecule has 13 heteroatoms. The molecule has 0 bridgehead atoms. The quantitative estimate of drug-likeness (QED) is 0.208. The van der Waals surface area contributed by atoms with Crippen molar-refractivity contribution < 1.29 is 23.1 Å². The average molecular weight is 605 g/mol. The number of hydrogen-bond donors (Lipinski definition) is 3. The Hall–Kier alpha value is -2.84. The monoisotopic (exact) mass is 604 g/mol. The SMILES string of the molecule is COC[C@H](O)CNC1CCCc2cc(N(OC)c3ncc(Cl)c(Nc4ccccc4S(=O)(=O)N(C)C)n3)ccc2C1. The van der Waals surface area contributed by atoms with Gasteiger partial charge in [-0.2, -0.15) is 10.0 Å². The summed E-state index contributed by atoms with van der Waals surface area (Å²) in [5.74, 6) is 0.465. The van der Waals surface area contributed by atoms with E-state index in [9.17, 15) is 13.5 Å². The molecule has 0 amide bonds. The summed E-state index contributed by atoms with van der Waals surface area (Å²) in [6, 6.07) is 12.9. The maximum absolute atomic E-state index is 12.9. The van der Waals surface area contributed by atoms with Crippen LogP contribution in [-0.2, 0) is 32.4 Å². The van der Waals surface area contributed by atoms with Gasteiger partial charge >= 0.3 is 0 Å². The summed E-state index contributed by atoms with van der Waals surface area (Å²) in [7, 11) is 2.34. The van der Waals surface area contributed by atoms with E-state index in [1.807, 2.05) is 6.07 Å². The molecular weight excluding hydrogens is 568 g/mol. The Kier molecular flexibility index (Phi) is 10.5. The van der Waals surface area contributed by atoms with Crippen molar-refractivity contribution in [1.82, 2.24) is 19.6 Å². The second-order valence-corrected chi connectivity index (χ2v) is 12.5. The summed E-state index contributed by atoms with van der Waals surface area (Å²) in [6.07, 6.45) is 4.66. The molecule has 1 aromatic heterocycles. The number of aliphatic hydroxyl groups is 1. The molecule has 0 fully saturated rings. The zero-order chi connectivity index (χ0) is 29.6. The highest BCUT2D eigenvalue weighted by Crippen LogP contribution is 2.33. The van der Waals surface area contributed by atoms with Crippen molar-refractivity contribution in [3.8, 4) is 0 Å². The van der Waals surface area contributed by atoms with Gasteiger partial charge in [0.15, 0.2) is 5.82 Å². The summed E-state index contributed by atoms with van der Waals surface area (Å²) in [5, 5.41) is 18.3. The van der Waals surface area contributed by atoms with E-state index in [1.165, 1.54) is 49.7 Å². The Morgan fingerprint density at radius 1 is 1.17 bits per heavy atom. The van der Waals surface area contributed by atoms with Crippen molar-refractivity contribution in [3.63, 3.8) is 0 Å². The van der Waals surface area contributed by atoms with Crippen LogP contribution in [-0.4, -0.2) is 81.4 Å². The molecule has 222 valence electrons. The van der Waals surface area contributed by atoms with Crippen molar-refractivity contribution in [1.29, 1.82) is 0 Å². The highest BCUT2D eigenvalue weighted by atomic mass is 35.5. The smallest absolute Gasteiger partial charge is 0.256 e. The highest BCUT2D eigenvalue weighted by Gasteiger charge is 2.23. The first-order valence-electron chi connectivity index (χ1n) is 13.3. The average Bonchev–Trinajstić information content (AvgIpc) is 3.16. The van der Waals surface area contributed by atoms with E-state index in [-0.39, 0.29) is 27.7 Å². The summed E-state index contributed by atoms with van der Waals surface area (Å²) < 4.78 is 31.9. The molecule has 4 rings (SSSR count). The fourth-order valence-corrected chi connectivity index (χ4v) is 5.95. The van der Waals surface area contributed by atoms with Crippen LogP contribution in [0.25, 0.3) is 0 Å². The summed E-state index contributed by atoms with van der Waals surface area (Å²) in [5.41, 5.74) is 3.53. The van der Waals surface area contributed by atoms with Crippen LogP contribution >= 0.6 is 11.6 Å². The van der Waals surface area contributed by atoms with E-state index < -0.39 is 16.1 Å². The number of halogens is 1. The number of ether oxygens (including phenoxy) is 1. The fraction of sp³-hybridized carbons (Fsp3) is 0.429. The van der Waals surface area contributed by atoms with Gasteiger partial charge in [0.05, 0.1) is 37.4 Å². The maximum atomic E-state index is 12.9. The summed E-state index contributed by atoms with van der Waals surface area (Å²) in [4.78, 5) is 14.7. The standard InChI is InChI=1S/C28H37ClN6O5S/c1-34(2)41(37,38)26-11-6-5-10-25(26)32-27-24(29)17-31-28(33-27)35(40-4)22-13-12-20-14-21(9-7-8-19(20)15-22)30-16-23(36)18-39-3/h5-6,10-13,15,17,21,23,30,36H,7-9,14,16,18H2,1-4H3,(H,31,32,33)/t21?,23-/m1/s1. The van der Waals surface area contributed by atoms with Gasteiger partial charge in [-0.3, -0.25) is 4.84 Å². The van der Waals surface area contributed by atoms with Crippen LogP contribution in [0.2, 0.25) is 5.02 Å². The van der Waals surface area contributed by atoms with Gasteiger partial charge in [0.25, 0.3) is 5.95 Å². The number of fused-ring (bicyclic) bond motifs is 1. The molecule has 0 saturated carbocycles. The molecular formula is C28H37ClN6O5S. The van der Waals surface area contributed by atoms with Gasteiger partial charge in [-0.1, -0.05) is 29.8 Å². The molecule has 1 heterocycles. The van der Waals surface area contributed by atoms with E-state index >= 15 is 0 Å². The van der Waals surface area contributed by atoms with Gasteiger partial charge in [0.1, 0.15) is 9.92 Å². The number of hydrogen-bond acceptors (Lipinski definition) is 10. The molecule has 3 aromatic rings. The number of nitrogens with one attached hydrogen (secondary N) is 2. The Labute approximate surface area is 246 Å². The molecule has 2 aromatic carbocycles. The van der Waals surface area contributed by atoms with Crippen molar-refractivity contribution >= 4 is 44.8 Å². The van der Waals surface area contributed by atoms with Crippen LogP contribution in [0.3, 0.4) is 0 Å². The maximum Gasteiger partial charge on any atom is 0.256 e. The summed E-state index contributed by atoms with van der Waals surface area (Å²) in [6.45, 7) is 0.789. The Bertz CT molecular complexity index is 1440. The van der Waals surface area contributed by atoms with E-state index in [4.69, 9.17) is 21.2 Å². The third-order valence-corrected chi connectivity index (χ3v) is 9.03. The molecule has 1 aliphatic rings. The van der Waals surface area contributed by atoms with Crippen molar-refractivity contribution in [2.45, 2.75) is 42.7 Å². The predicted octanol–water partition coefficient (Wildman–Crippen LogP) is 3.67. The van der Waals surface area contributed by atoms with Crippen molar-refractivity contribution in [2.75, 3.05) is 51.8 Å². The number of anilines is 4. The first kappa shape index (κ1) is 31.1. The first-order valence-corrected chi connectivity index (χ1v) is 15.1. The van der Waals surface area contributed by atoms with E-state index in [1.54, 1.807) is 25.3 Å². The molecule has 41 heavy (non-hydrogen) atoms. The molecule has 11 nitrogen and oxygen atoms in total. The minimum Gasteiger partial charge on any atom is -0.389 e. The third kappa shape index (κ3) is 7.52. The summed E-state index contributed by atoms with van der Waals surface area (Å²) >= 11 is 6.42. The number of aliphatic hydroxyl groups excluding tert-OH is 1. The Morgan fingerprint density at radius 3 is 2.68 bits per heavy atom. The van der Waals surface area contributed by atoms with Gasteiger partial charge in [-0.05, 0) is 61.1 Å². The number of nitrogens with zero attached hydrogens (tertiary/aromatic N) is 4. The van der Waals surface area contributed by atoms with Crippen LogP contribution < -0.4 is 15.7 Å². The molecule has 1 aliphatic carbocycles. The zero-order valence-corrected chi connectivity index (χ0v) is 25.2. The van der Waals surface area contributed by atoms with Gasteiger partial charge < -0.3 is 20.5 Å². The van der Waals surface area contributed by atoms with Gasteiger partial charge in [-0.15, -0.1) is 0 Å². The van der Waals surface area contributed by atoms with Gasteiger partial charge in [-0.25, -0.2) is 17.7 Å². The second-order valence-electron chi connectivity index (χ2n) is 10.0. The first-order chi connectivity index (χ1) is 19.6. The molecule has 0 saturated heterocycles. The number of aryl methyl sites for hydroxylation is 1. The lowest BCUT2D eigenvalue weighted by molar-refractivity contribution is 0.0625. The second kappa shape index (κ2) is 13.9.